The molecule has 0 bridgehead atoms. The topological polar surface area (TPSA) is 95.2 Å². The molecule has 1 saturated carbocycles. The molecule has 2 heterocycles. The molecule has 1 aromatic rings. The Hall–Kier alpha value is -2.59. The van der Waals surface area contributed by atoms with Crippen molar-refractivity contribution in [3.63, 3.8) is 0 Å². The molecule has 1 aliphatic carbocycles. The number of hydrogen-bond donors (Lipinski definition) is 1. The molecule has 1 fully saturated rings. The van der Waals surface area contributed by atoms with Crippen LogP contribution >= 0.6 is 0 Å². The maximum absolute atomic E-state index is 11.9. The van der Waals surface area contributed by atoms with Gasteiger partial charge in [0.1, 0.15) is 17.5 Å². The average Bonchev–Trinajstić information content (AvgIpc) is 3.37. The fraction of sp³-hybridized carbons (Fsp3) is 0.500. The molecule has 1 N–H and O–H groups in total. The first kappa shape index (κ1) is 15.9. The van der Waals surface area contributed by atoms with Crippen LogP contribution in [-0.4, -0.2) is 40.7 Å². The Balaban J connectivity index is 1.72. The molecular weight excluding hydrogens is 322 g/mol. The zero-order valence-electron chi connectivity index (χ0n) is 14.3. The van der Waals surface area contributed by atoms with E-state index in [2.05, 4.69) is 11.2 Å². The van der Waals surface area contributed by atoms with Crippen LogP contribution in [0.5, 0.6) is 5.75 Å². The van der Waals surface area contributed by atoms with Crippen molar-refractivity contribution < 1.29 is 19.4 Å². The number of ether oxygens (including phenoxy) is 2. The van der Waals surface area contributed by atoms with Gasteiger partial charge in [0, 0.05) is 18.5 Å². The third kappa shape index (κ3) is 2.45. The molecule has 7 nitrogen and oxygen atoms in total. The smallest absolute Gasteiger partial charge is 0.246 e. The number of hydrazone groups is 1. The van der Waals surface area contributed by atoms with Crippen LogP contribution in [0, 0.1) is 23.2 Å². The Kier molecular flexibility index (Phi) is 3.31. The predicted molar refractivity (Wildman–Crippen MR) is 87.5 cm³/mol. The molecule has 25 heavy (non-hydrogen) atoms. The molecule has 0 spiro atoms. The first-order valence-corrected chi connectivity index (χ1v) is 8.25. The van der Waals surface area contributed by atoms with Crippen LogP contribution in [0.3, 0.4) is 0 Å². The van der Waals surface area contributed by atoms with Crippen molar-refractivity contribution in [3.8, 4) is 11.8 Å². The van der Waals surface area contributed by atoms with Crippen LogP contribution in [0.4, 0.5) is 0 Å². The first-order chi connectivity index (χ1) is 11.8. The summed E-state index contributed by atoms with van der Waals surface area (Å²) in [4.78, 5) is 11.9. The molecule has 1 amide bonds. The van der Waals surface area contributed by atoms with Crippen LogP contribution in [0.2, 0.25) is 0 Å². The van der Waals surface area contributed by atoms with Gasteiger partial charge in [0.05, 0.1) is 17.6 Å². The molecule has 2 aliphatic heterocycles. The van der Waals surface area contributed by atoms with E-state index in [9.17, 15) is 9.90 Å². The average molecular weight is 341 g/mol. The van der Waals surface area contributed by atoms with Gasteiger partial charge in [-0.3, -0.25) is 4.79 Å². The van der Waals surface area contributed by atoms with Gasteiger partial charge in [-0.25, -0.2) is 5.01 Å². The number of hydrogen-bond acceptors (Lipinski definition) is 6. The van der Waals surface area contributed by atoms with Crippen LogP contribution < -0.4 is 4.74 Å². The third-order valence-electron chi connectivity index (χ3n) is 5.06. The molecule has 1 aromatic carbocycles. The number of benzene rings is 1. The summed E-state index contributed by atoms with van der Waals surface area (Å²) in [5, 5.41) is 25.5. The molecule has 130 valence electrons. The zero-order valence-corrected chi connectivity index (χ0v) is 14.3. The van der Waals surface area contributed by atoms with Crippen LogP contribution in [0.15, 0.2) is 23.3 Å². The number of rotatable bonds is 1. The minimum atomic E-state index is -0.947. The number of carbonyl (C=O) groups is 1. The van der Waals surface area contributed by atoms with Gasteiger partial charge in [-0.1, -0.05) is 0 Å². The normalized spacial score (nSPS) is 31.9. The highest BCUT2D eigenvalue weighted by Crippen LogP contribution is 2.48. The van der Waals surface area contributed by atoms with Crippen molar-refractivity contribution in [2.75, 3.05) is 7.05 Å². The maximum atomic E-state index is 11.9. The molecular formula is C18H19N3O4. The zero-order chi connectivity index (χ0) is 17.9. The second kappa shape index (κ2) is 5.20. The summed E-state index contributed by atoms with van der Waals surface area (Å²) in [5.41, 5.74) is 0.224. The molecule has 4 unspecified atom stereocenters. The van der Waals surface area contributed by atoms with E-state index >= 15 is 0 Å². The van der Waals surface area contributed by atoms with Crippen molar-refractivity contribution in [1.82, 2.24) is 5.01 Å². The fourth-order valence-electron chi connectivity index (χ4n) is 3.43. The number of nitrogens with zero attached hydrogens (tertiary/aromatic N) is 3. The van der Waals surface area contributed by atoms with E-state index in [-0.39, 0.29) is 17.7 Å². The summed E-state index contributed by atoms with van der Waals surface area (Å²) >= 11 is 0. The van der Waals surface area contributed by atoms with Gasteiger partial charge in [-0.05, 0) is 38.5 Å². The predicted octanol–water partition coefficient (Wildman–Crippen LogP) is 1.57. The van der Waals surface area contributed by atoms with E-state index in [1.807, 2.05) is 0 Å². The van der Waals surface area contributed by atoms with E-state index in [1.54, 1.807) is 39.1 Å². The molecule has 4 rings (SSSR count). The standard InChI is InChI=1S/C18H19N3O4/c1-18(2)15(22)14(12-6-9(8-19)4-5-13(12)25-18)24-16-10-7-11(10)17(23)21(3)20-16/h4-6,10-11,14-15,22H,7H2,1-3H3. The van der Waals surface area contributed by atoms with Crippen molar-refractivity contribution in [1.29, 1.82) is 5.26 Å². The van der Waals surface area contributed by atoms with E-state index < -0.39 is 17.8 Å². The number of fused-ring (bicyclic) bond motifs is 2. The minimum Gasteiger partial charge on any atom is -0.485 e. The second-order valence-electron chi connectivity index (χ2n) is 7.30. The molecule has 0 saturated heterocycles. The summed E-state index contributed by atoms with van der Waals surface area (Å²) in [7, 11) is 1.60. The molecule has 7 heteroatoms. The van der Waals surface area contributed by atoms with Gasteiger partial charge in [-0.15, -0.1) is 5.10 Å². The van der Waals surface area contributed by atoms with Crippen LogP contribution in [0.25, 0.3) is 0 Å². The maximum Gasteiger partial charge on any atom is 0.246 e. The molecule has 0 aromatic heterocycles. The monoisotopic (exact) mass is 341 g/mol. The van der Waals surface area contributed by atoms with Gasteiger partial charge >= 0.3 is 0 Å². The highest BCUT2D eigenvalue weighted by atomic mass is 16.5. The lowest BCUT2D eigenvalue weighted by Crippen LogP contribution is -2.50. The summed E-state index contributed by atoms with van der Waals surface area (Å²) < 4.78 is 12.0. The lowest BCUT2D eigenvalue weighted by atomic mass is 9.87. The summed E-state index contributed by atoms with van der Waals surface area (Å²) in [6.45, 7) is 3.57. The van der Waals surface area contributed by atoms with Gasteiger partial charge < -0.3 is 14.6 Å². The highest BCUT2D eigenvalue weighted by molar-refractivity contribution is 5.96. The van der Waals surface area contributed by atoms with E-state index in [0.717, 1.165) is 6.42 Å². The van der Waals surface area contributed by atoms with Gasteiger partial charge in [0.15, 0.2) is 6.10 Å². The highest BCUT2D eigenvalue weighted by Gasteiger charge is 2.54. The Morgan fingerprint density at radius 2 is 2.20 bits per heavy atom. The second-order valence-corrected chi connectivity index (χ2v) is 7.30. The van der Waals surface area contributed by atoms with Crippen LogP contribution in [0.1, 0.15) is 37.5 Å². The largest absolute Gasteiger partial charge is 0.485 e. The van der Waals surface area contributed by atoms with Crippen molar-refractivity contribution in [2.45, 2.75) is 38.1 Å². The summed E-state index contributed by atoms with van der Waals surface area (Å²) in [6, 6.07) is 7.15. The van der Waals surface area contributed by atoms with E-state index in [4.69, 9.17) is 14.7 Å². The Morgan fingerprint density at radius 3 is 2.92 bits per heavy atom. The molecule has 4 atom stereocenters. The number of amides is 1. The van der Waals surface area contributed by atoms with Gasteiger partial charge in [0.2, 0.25) is 11.8 Å². The Bertz CT molecular complexity index is 826. The first-order valence-electron chi connectivity index (χ1n) is 8.25. The van der Waals surface area contributed by atoms with E-state index in [0.29, 0.717) is 22.8 Å². The van der Waals surface area contributed by atoms with Crippen molar-refractivity contribution >= 4 is 11.8 Å². The lowest BCUT2D eigenvalue weighted by Gasteiger charge is -2.42. The SMILES string of the molecule is CN1N=C(OC2c3cc(C#N)ccc3OC(C)(C)C2O)C2CC2C1=O. The Labute approximate surface area is 145 Å². The quantitative estimate of drug-likeness (QED) is 0.836. The minimum absolute atomic E-state index is 0.00243. The van der Waals surface area contributed by atoms with E-state index in [1.165, 1.54) is 5.01 Å². The fourth-order valence-corrected chi connectivity index (χ4v) is 3.43. The number of nitriles is 1. The van der Waals surface area contributed by atoms with Gasteiger partial charge in [-0.2, -0.15) is 5.26 Å². The van der Waals surface area contributed by atoms with Crippen molar-refractivity contribution in [2.24, 2.45) is 16.9 Å². The number of carbonyl (C=O) groups excluding carboxylic acids is 1. The number of aliphatic hydroxyl groups is 1. The Morgan fingerprint density at radius 1 is 1.44 bits per heavy atom. The van der Waals surface area contributed by atoms with Crippen molar-refractivity contribution in [3.05, 3.63) is 29.3 Å². The molecule has 0 radical (unpaired) electrons. The summed E-state index contributed by atoms with van der Waals surface area (Å²) in [6.07, 6.45) is -0.944. The lowest BCUT2D eigenvalue weighted by molar-refractivity contribution is -0.133. The molecule has 3 aliphatic rings. The van der Waals surface area contributed by atoms with Gasteiger partial charge in [0.25, 0.3) is 0 Å². The summed E-state index contributed by atoms with van der Waals surface area (Å²) in [5.74, 6) is 0.934. The number of aliphatic hydroxyl groups excluding tert-OH is 1. The van der Waals surface area contributed by atoms with Crippen LogP contribution in [-0.2, 0) is 9.53 Å². The third-order valence-corrected chi connectivity index (χ3v) is 5.06.